The molecule has 0 bridgehead atoms. The number of nitrogens with zero attached hydrogens (tertiary/aromatic N) is 1. The molecule has 0 radical (unpaired) electrons. The van der Waals surface area contributed by atoms with Gasteiger partial charge in [0.2, 0.25) is 0 Å². The first kappa shape index (κ1) is 14.7. The number of methoxy groups -OCH3 is 2. The Bertz CT molecular complexity index is 591. The highest BCUT2D eigenvalue weighted by molar-refractivity contribution is 5.43. The highest BCUT2D eigenvalue weighted by Crippen LogP contribution is 2.29. The molecule has 7 nitrogen and oxygen atoms in total. The topological polar surface area (TPSA) is 82.6 Å². The molecular formula is C13H18N2O5. The molecule has 0 aromatic carbocycles. The van der Waals surface area contributed by atoms with Crippen molar-refractivity contribution in [2.24, 2.45) is 0 Å². The summed E-state index contributed by atoms with van der Waals surface area (Å²) < 4.78 is 17.5. The maximum absolute atomic E-state index is 11.9. The number of H-pyrrole nitrogens is 1. The van der Waals surface area contributed by atoms with Crippen LogP contribution in [0.5, 0.6) is 0 Å². The molecule has 20 heavy (non-hydrogen) atoms. The number of aromatic nitrogens is 2. The van der Waals surface area contributed by atoms with Gasteiger partial charge in [-0.3, -0.25) is 14.3 Å². The number of rotatable bonds is 5. The van der Waals surface area contributed by atoms with Crippen LogP contribution in [0.3, 0.4) is 0 Å². The molecule has 1 aromatic heterocycles. The molecule has 1 aromatic rings. The molecule has 3 atom stereocenters. The molecule has 110 valence electrons. The minimum atomic E-state index is -0.515. The van der Waals surface area contributed by atoms with Gasteiger partial charge in [-0.05, 0) is 0 Å². The van der Waals surface area contributed by atoms with E-state index in [9.17, 15) is 9.59 Å². The van der Waals surface area contributed by atoms with Crippen molar-refractivity contribution in [3.8, 4) is 0 Å². The highest BCUT2D eigenvalue weighted by Gasteiger charge is 2.36. The van der Waals surface area contributed by atoms with Crippen LogP contribution < -0.4 is 11.2 Å². The van der Waals surface area contributed by atoms with Gasteiger partial charge in [0.25, 0.3) is 5.56 Å². The minimum absolute atomic E-state index is 0.161. The quantitative estimate of drug-likeness (QED) is 0.830. The summed E-state index contributed by atoms with van der Waals surface area (Å²) in [5, 5.41) is 0. The zero-order valence-corrected chi connectivity index (χ0v) is 11.5. The van der Waals surface area contributed by atoms with Gasteiger partial charge in [-0.15, -0.1) is 0 Å². The largest absolute Gasteiger partial charge is 0.382 e. The SMILES string of the molecule is C=Cc1cn([C@H]2CC(OC)[C@@H](COC)O2)c(=O)[nH]c1=O. The lowest BCUT2D eigenvalue weighted by Crippen LogP contribution is -2.33. The van der Waals surface area contributed by atoms with Gasteiger partial charge in [0.15, 0.2) is 0 Å². The molecule has 0 amide bonds. The second-order valence-corrected chi connectivity index (χ2v) is 4.55. The van der Waals surface area contributed by atoms with Crippen LogP contribution in [0.15, 0.2) is 22.4 Å². The van der Waals surface area contributed by atoms with Crippen LogP contribution in [0, 0.1) is 0 Å². The first-order valence-corrected chi connectivity index (χ1v) is 6.25. The van der Waals surface area contributed by atoms with E-state index in [0.717, 1.165) is 0 Å². The lowest BCUT2D eigenvalue weighted by molar-refractivity contribution is -0.0618. The van der Waals surface area contributed by atoms with Crippen molar-refractivity contribution in [2.75, 3.05) is 20.8 Å². The maximum Gasteiger partial charge on any atom is 0.330 e. The molecule has 1 saturated heterocycles. The second-order valence-electron chi connectivity index (χ2n) is 4.55. The van der Waals surface area contributed by atoms with Crippen LogP contribution in [0.1, 0.15) is 18.2 Å². The van der Waals surface area contributed by atoms with E-state index in [1.54, 1.807) is 14.2 Å². The molecule has 0 saturated carbocycles. The summed E-state index contributed by atoms with van der Waals surface area (Å²) in [5.41, 5.74) is -0.660. The van der Waals surface area contributed by atoms with E-state index < -0.39 is 17.5 Å². The lowest BCUT2D eigenvalue weighted by atomic mass is 10.2. The number of hydrogen-bond donors (Lipinski definition) is 1. The second kappa shape index (κ2) is 6.17. The standard InChI is InChI=1S/C13H18N2O5/c1-4-8-6-15(13(17)14-12(8)16)11-5-9(19-3)10(20-11)7-18-2/h4,6,9-11H,1,5,7H2,2-3H3,(H,14,16,17)/t9?,10-,11-/m1/s1. The monoisotopic (exact) mass is 282 g/mol. The van der Waals surface area contributed by atoms with Gasteiger partial charge in [0, 0.05) is 26.8 Å². The highest BCUT2D eigenvalue weighted by atomic mass is 16.6. The Morgan fingerprint density at radius 3 is 2.90 bits per heavy atom. The summed E-state index contributed by atoms with van der Waals surface area (Å²) >= 11 is 0. The maximum atomic E-state index is 11.9. The van der Waals surface area contributed by atoms with Gasteiger partial charge in [0.1, 0.15) is 12.3 Å². The predicted octanol–water partition coefficient (Wildman–Crippen LogP) is 0.128. The molecule has 2 heterocycles. The molecular weight excluding hydrogens is 264 g/mol. The van der Waals surface area contributed by atoms with E-state index >= 15 is 0 Å². The molecule has 0 aliphatic carbocycles. The average Bonchev–Trinajstić information content (AvgIpc) is 2.82. The molecule has 1 aliphatic heterocycles. The molecule has 1 fully saturated rings. The molecule has 1 unspecified atom stereocenters. The van der Waals surface area contributed by atoms with E-state index in [2.05, 4.69) is 11.6 Å². The fraction of sp³-hybridized carbons (Fsp3) is 0.538. The van der Waals surface area contributed by atoms with Crippen LogP contribution in [0.25, 0.3) is 6.08 Å². The van der Waals surface area contributed by atoms with Gasteiger partial charge < -0.3 is 14.2 Å². The third-order valence-corrected chi connectivity index (χ3v) is 3.34. The lowest BCUT2D eigenvalue weighted by Gasteiger charge is -2.16. The number of aromatic amines is 1. The van der Waals surface area contributed by atoms with Crippen LogP contribution in [-0.4, -0.2) is 42.6 Å². The third-order valence-electron chi connectivity index (χ3n) is 3.34. The van der Waals surface area contributed by atoms with E-state index in [4.69, 9.17) is 14.2 Å². The summed E-state index contributed by atoms with van der Waals surface area (Å²) in [7, 11) is 3.16. The van der Waals surface area contributed by atoms with Gasteiger partial charge in [0.05, 0.1) is 18.3 Å². The summed E-state index contributed by atoms with van der Waals surface area (Å²) in [4.78, 5) is 25.6. The van der Waals surface area contributed by atoms with Crippen molar-refractivity contribution in [1.82, 2.24) is 9.55 Å². The van der Waals surface area contributed by atoms with Crippen molar-refractivity contribution >= 4 is 6.08 Å². The van der Waals surface area contributed by atoms with Gasteiger partial charge in [-0.25, -0.2) is 4.79 Å². The Morgan fingerprint density at radius 1 is 1.55 bits per heavy atom. The Labute approximate surface area is 115 Å². The fourth-order valence-electron chi connectivity index (χ4n) is 2.29. The van der Waals surface area contributed by atoms with Crippen LogP contribution in [0.2, 0.25) is 0 Å². The molecule has 1 aliphatic rings. The van der Waals surface area contributed by atoms with Crippen molar-refractivity contribution in [2.45, 2.75) is 24.9 Å². The normalized spacial score (nSPS) is 25.8. The Hall–Kier alpha value is -1.70. The van der Waals surface area contributed by atoms with E-state index in [0.29, 0.717) is 18.6 Å². The van der Waals surface area contributed by atoms with Gasteiger partial charge in [-0.1, -0.05) is 12.7 Å². The average molecular weight is 282 g/mol. The van der Waals surface area contributed by atoms with E-state index in [1.165, 1.54) is 16.8 Å². The summed E-state index contributed by atoms with van der Waals surface area (Å²) in [6, 6.07) is 0. The smallest absolute Gasteiger partial charge is 0.330 e. The molecule has 7 heteroatoms. The van der Waals surface area contributed by atoms with Crippen molar-refractivity contribution < 1.29 is 14.2 Å². The van der Waals surface area contributed by atoms with Gasteiger partial charge in [-0.2, -0.15) is 0 Å². The fourth-order valence-corrected chi connectivity index (χ4v) is 2.29. The molecule has 2 rings (SSSR count). The molecule has 1 N–H and O–H groups in total. The zero-order valence-electron chi connectivity index (χ0n) is 11.5. The van der Waals surface area contributed by atoms with E-state index in [-0.39, 0.29) is 12.2 Å². The van der Waals surface area contributed by atoms with Crippen molar-refractivity contribution in [3.63, 3.8) is 0 Å². The Balaban J connectivity index is 2.31. The van der Waals surface area contributed by atoms with Gasteiger partial charge >= 0.3 is 5.69 Å². The van der Waals surface area contributed by atoms with Crippen LogP contribution >= 0.6 is 0 Å². The van der Waals surface area contributed by atoms with Crippen LogP contribution in [-0.2, 0) is 14.2 Å². The Morgan fingerprint density at radius 2 is 2.30 bits per heavy atom. The first-order chi connectivity index (χ1) is 9.60. The minimum Gasteiger partial charge on any atom is -0.382 e. The van der Waals surface area contributed by atoms with E-state index in [1.807, 2.05) is 0 Å². The summed E-state index contributed by atoms with van der Waals surface area (Å²) in [6.07, 6.45) is 2.44. The van der Waals surface area contributed by atoms with Crippen molar-refractivity contribution in [3.05, 3.63) is 39.2 Å². The summed E-state index contributed by atoms with van der Waals surface area (Å²) in [5.74, 6) is 0. The summed E-state index contributed by atoms with van der Waals surface area (Å²) in [6.45, 7) is 3.92. The molecule has 0 spiro atoms. The third kappa shape index (κ3) is 2.74. The van der Waals surface area contributed by atoms with Crippen molar-refractivity contribution in [1.29, 1.82) is 0 Å². The first-order valence-electron chi connectivity index (χ1n) is 6.25. The Kier molecular flexibility index (Phi) is 4.53. The zero-order chi connectivity index (χ0) is 14.7. The predicted molar refractivity (Wildman–Crippen MR) is 72.6 cm³/mol. The van der Waals surface area contributed by atoms with Crippen LogP contribution in [0.4, 0.5) is 0 Å². The number of ether oxygens (including phenoxy) is 3. The number of nitrogens with one attached hydrogen (secondary N) is 1. The number of hydrogen-bond acceptors (Lipinski definition) is 5.